The molecular weight excluding hydrogens is 238 g/mol. The SMILES string of the molecule is CO[Si](OC)(OCCN=[N+]=[N-])c1ccccc1. The molecule has 0 amide bonds. The second-order valence-electron chi connectivity index (χ2n) is 3.13. The molecule has 6 nitrogen and oxygen atoms in total. The van der Waals surface area contributed by atoms with Crippen LogP contribution in [0.1, 0.15) is 0 Å². The van der Waals surface area contributed by atoms with Crippen molar-refractivity contribution in [2.45, 2.75) is 0 Å². The van der Waals surface area contributed by atoms with E-state index in [9.17, 15) is 0 Å². The first-order chi connectivity index (χ1) is 8.29. The van der Waals surface area contributed by atoms with Crippen LogP contribution in [0.4, 0.5) is 0 Å². The molecule has 1 aromatic carbocycles. The molecule has 0 unspecified atom stereocenters. The molecule has 0 atom stereocenters. The number of benzene rings is 1. The summed E-state index contributed by atoms with van der Waals surface area (Å²) in [6, 6.07) is 9.49. The average molecular weight is 253 g/mol. The number of hydrogen-bond donors (Lipinski definition) is 0. The van der Waals surface area contributed by atoms with Crippen LogP contribution in [0.2, 0.25) is 0 Å². The van der Waals surface area contributed by atoms with Crippen LogP contribution in [0.3, 0.4) is 0 Å². The molecule has 0 aliphatic heterocycles. The van der Waals surface area contributed by atoms with Crippen LogP contribution in [-0.2, 0) is 13.3 Å². The minimum atomic E-state index is -2.85. The standard InChI is InChI=1S/C10H15N3O3Si/c1-14-17(15-2,16-9-8-12-13-11)10-6-4-3-5-7-10/h3-7H,8-9H2,1-2H3. The summed E-state index contributed by atoms with van der Waals surface area (Å²) in [5.74, 6) is 0. The van der Waals surface area contributed by atoms with Gasteiger partial charge in [-0.1, -0.05) is 35.4 Å². The number of nitrogens with zero attached hydrogens (tertiary/aromatic N) is 3. The lowest BCUT2D eigenvalue weighted by molar-refractivity contribution is 0.117. The lowest BCUT2D eigenvalue weighted by Crippen LogP contribution is -2.55. The first-order valence-electron chi connectivity index (χ1n) is 5.09. The van der Waals surface area contributed by atoms with Gasteiger partial charge in [0.1, 0.15) is 0 Å². The van der Waals surface area contributed by atoms with E-state index in [1.807, 2.05) is 30.3 Å². The summed E-state index contributed by atoms with van der Waals surface area (Å²) in [6.07, 6.45) is 0. The fourth-order valence-corrected chi connectivity index (χ4v) is 3.43. The van der Waals surface area contributed by atoms with Gasteiger partial charge in [0.25, 0.3) is 0 Å². The van der Waals surface area contributed by atoms with Crippen LogP contribution in [0.25, 0.3) is 10.4 Å². The Morgan fingerprint density at radius 3 is 2.41 bits per heavy atom. The molecule has 0 saturated carbocycles. The highest BCUT2D eigenvalue weighted by atomic mass is 28.4. The van der Waals surface area contributed by atoms with E-state index in [4.69, 9.17) is 18.8 Å². The predicted octanol–water partition coefficient (Wildman–Crippen LogP) is 1.45. The molecule has 0 bridgehead atoms. The Kier molecular flexibility index (Phi) is 5.68. The fourth-order valence-electron chi connectivity index (χ4n) is 1.43. The summed E-state index contributed by atoms with van der Waals surface area (Å²) >= 11 is 0. The molecule has 0 aliphatic rings. The fraction of sp³-hybridized carbons (Fsp3) is 0.400. The van der Waals surface area contributed by atoms with Crippen molar-refractivity contribution in [3.05, 3.63) is 40.8 Å². The van der Waals surface area contributed by atoms with Crippen LogP contribution >= 0.6 is 0 Å². The number of hydrogen-bond acceptors (Lipinski definition) is 4. The molecule has 0 radical (unpaired) electrons. The van der Waals surface area contributed by atoms with Crippen molar-refractivity contribution in [1.82, 2.24) is 0 Å². The van der Waals surface area contributed by atoms with Crippen molar-refractivity contribution in [3.63, 3.8) is 0 Å². The molecule has 1 rings (SSSR count). The van der Waals surface area contributed by atoms with Gasteiger partial charge in [0.15, 0.2) is 0 Å². The zero-order valence-corrected chi connectivity index (χ0v) is 10.9. The Bertz CT molecular complexity index is 378. The highest BCUT2D eigenvalue weighted by Crippen LogP contribution is 2.08. The summed E-state index contributed by atoms with van der Waals surface area (Å²) in [4.78, 5) is 2.66. The second kappa shape index (κ2) is 7.05. The Hall–Kier alpha value is -1.37. The van der Waals surface area contributed by atoms with Crippen LogP contribution < -0.4 is 5.19 Å². The Labute approximate surface area is 101 Å². The van der Waals surface area contributed by atoms with Crippen LogP contribution in [0, 0.1) is 0 Å². The van der Waals surface area contributed by atoms with Gasteiger partial charge in [-0.05, 0) is 5.53 Å². The molecule has 92 valence electrons. The Morgan fingerprint density at radius 2 is 1.88 bits per heavy atom. The van der Waals surface area contributed by atoms with Gasteiger partial charge in [0.05, 0.1) is 0 Å². The smallest absolute Gasteiger partial charge is 0.373 e. The molecule has 0 saturated heterocycles. The van der Waals surface area contributed by atoms with E-state index >= 15 is 0 Å². The molecule has 7 heteroatoms. The van der Waals surface area contributed by atoms with E-state index in [0.29, 0.717) is 0 Å². The molecule has 0 aliphatic carbocycles. The molecule has 0 spiro atoms. The summed E-state index contributed by atoms with van der Waals surface area (Å²) < 4.78 is 16.5. The van der Waals surface area contributed by atoms with Gasteiger partial charge >= 0.3 is 8.80 Å². The van der Waals surface area contributed by atoms with Gasteiger partial charge in [0.2, 0.25) is 0 Å². The van der Waals surface area contributed by atoms with Gasteiger partial charge in [-0.3, -0.25) is 0 Å². The van der Waals surface area contributed by atoms with E-state index < -0.39 is 8.80 Å². The number of azide groups is 1. The van der Waals surface area contributed by atoms with Crippen molar-refractivity contribution < 1.29 is 13.3 Å². The predicted molar refractivity (Wildman–Crippen MR) is 65.8 cm³/mol. The summed E-state index contributed by atoms with van der Waals surface area (Å²) in [7, 11) is 0.251. The van der Waals surface area contributed by atoms with Crippen LogP contribution in [0.15, 0.2) is 35.4 Å². The monoisotopic (exact) mass is 253 g/mol. The third-order valence-corrected chi connectivity index (χ3v) is 4.91. The van der Waals surface area contributed by atoms with Gasteiger partial charge < -0.3 is 13.3 Å². The van der Waals surface area contributed by atoms with E-state index in [0.717, 1.165) is 5.19 Å². The largest absolute Gasteiger partial charge is 0.536 e. The van der Waals surface area contributed by atoms with Crippen molar-refractivity contribution in [3.8, 4) is 0 Å². The lowest BCUT2D eigenvalue weighted by atomic mass is 10.4. The minimum Gasteiger partial charge on any atom is -0.373 e. The third-order valence-electron chi connectivity index (χ3n) is 2.21. The van der Waals surface area contributed by atoms with E-state index in [1.54, 1.807) is 14.2 Å². The van der Waals surface area contributed by atoms with Crippen molar-refractivity contribution >= 4 is 14.0 Å². The topological polar surface area (TPSA) is 76.5 Å². The minimum absolute atomic E-state index is 0.255. The molecule has 0 N–H and O–H groups in total. The normalized spacial score (nSPS) is 10.9. The number of rotatable bonds is 7. The van der Waals surface area contributed by atoms with Crippen molar-refractivity contribution in [1.29, 1.82) is 0 Å². The summed E-state index contributed by atoms with van der Waals surface area (Å²) in [5, 5.41) is 4.28. The highest BCUT2D eigenvalue weighted by molar-refractivity contribution is 6.75. The second-order valence-corrected chi connectivity index (χ2v) is 5.93. The Balaban J connectivity index is 2.78. The third kappa shape index (κ3) is 3.55. The van der Waals surface area contributed by atoms with Crippen LogP contribution in [0.5, 0.6) is 0 Å². The molecule has 17 heavy (non-hydrogen) atoms. The highest BCUT2D eigenvalue weighted by Gasteiger charge is 2.41. The maximum atomic E-state index is 8.18. The Morgan fingerprint density at radius 1 is 1.24 bits per heavy atom. The van der Waals surface area contributed by atoms with E-state index in [2.05, 4.69) is 10.0 Å². The average Bonchev–Trinajstić information content (AvgIpc) is 2.41. The molecule has 0 aromatic heterocycles. The van der Waals surface area contributed by atoms with E-state index in [-0.39, 0.29) is 13.2 Å². The molecular formula is C10H15N3O3Si. The van der Waals surface area contributed by atoms with Gasteiger partial charge in [-0.25, -0.2) is 0 Å². The first-order valence-corrected chi connectivity index (χ1v) is 6.82. The summed E-state index contributed by atoms with van der Waals surface area (Å²) in [5.41, 5.74) is 8.18. The molecule has 1 aromatic rings. The zero-order chi connectivity index (χ0) is 12.6. The summed E-state index contributed by atoms with van der Waals surface area (Å²) in [6.45, 7) is 0.525. The van der Waals surface area contributed by atoms with Crippen molar-refractivity contribution in [2.75, 3.05) is 27.4 Å². The van der Waals surface area contributed by atoms with Gasteiger partial charge in [-0.2, -0.15) is 0 Å². The van der Waals surface area contributed by atoms with Gasteiger partial charge in [-0.15, -0.1) is 0 Å². The molecule has 0 fully saturated rings. The quantitative estimate of drug-likeness (QED) is 0.243. The van der Waals surface area contributed by atoms with Crippen molar-refractivity contribution in [2.24, 2.45) is 5.11 Å². The maximum Gasteiger partial charge on any atom is 0.536 e. The van der Waals surface area contributed by atoms with Crippen LogP contribution in [-0.4, -0.2) is 36.2 Å². The zero-order valence-electron chi connectivity index (χ0n) is 9.87. The maximum absolute atomic E-state index is 8.18. The lowest BCUT2D eigenvalue weighted by Gasteiger charge is -2.26. The first kappa shape index (κ1) is 13.7. The van der Waals surface area contributed by atoms with Gasteiger partial charge in [0, 0.05) is 37.5 Å². The molecule has 0 heterocycles. The van der Waals surface area contributed by atoms with E-state index in [1.165, 1.54) is 0 Å².